The number of carbonyl (C=O) groups excluding carboxylic acids is 1. The van der Waals surface area contributed by atoms with Crippen LogP contribution in [0.1, 0.15) is 15.2 Å². The Morgan fingerprint density at radius 1 is 1.43 bits per heavy atom. The Hall–Kier alpha value is -1.99. The lowest BCUT2D eigenvalue weighted by Gasteiger charge is -2.16. The number of thiophene rings is 1. The second kappa shape index (κ2) is 6.19. The summed E-state index contributed by atoms with van der Waals surface area (Å²) in [5.74, 6) is -1.45. The third kappa shape index (κ3) is 3.56. The van der Waals surface area contributed by atoms with Gasteiger partial charge in [-0.05, 0) is 24.3 Å². The van der Waals surface area contributed by atoms with E-state index in [0.717, 1.165) is 17.0 Å². The van der Waals surface area contributed by atoms with Crippen LogP contribution in [-0.2, 0) is 6.54 Å². The van der Waals surface area contributed by atoms with Crippen LogP contribution in [0.3, 0.4) is 0 Å². The highest BCUT2D eigenvalue weighted by Crippen LogP contribution is 2.23. The molecule has 0 saturated carbocycles. The first-order valence-electron chi connectivity index (χ1n) is 5.82. The third-order valence-electron chi connectivity index (χ3n) is 2.76. The van der Waals surface area contributed by atoms with Crippen molar-refractivity contribution in [3.63, 3.8) is 0 Å². The molecule has 0 aliphatic rings. The minimum absolute atomic E-state index is 0.0586. The minimum atomic E-state index is -1.03. The zero-order valence-electron chi connectivity index (χ0n) is 10.9. The lowest BCUT2D eigenvalue weighted by molar-refractivity contribution is -0.387. The van der Waals surface area contributed by atoms with Gasteiger partial charge in [-0.3, -0.25) is 14.9 Å². The molecule has 2 aromatic rings. The van der Waals surface area contributed by atoms with Crippen molar-refractivity contribution in [2.75, 3.05) is 7.05 Å². The van der Waals surface area contributed by atoms with E-state index in [-0.39, 0.29) is 5.56 Å². The monoisotopic (exact) mass is 328 g/mol. The van der Waals surface area contributed by atoms with Gasteiger partial charge in [-0.15, -0.1) is 11.3 Å². The topological polar surface area (TPSA) is 63.5 Å². The molecule has 0 aliphatic carbocycles. The zero-order chi connectivity index (χ0) is 15.6. The summed E-state index contributed by atoms with van der Waals surface area (Å²) in [4.78, 5) is 24.1. The van der Waals surface area contributed by atoms with E-state index in [0.29, 0.717) is 10.9 Å². The van der Waals surface area contributed by atoms with Crippen molar-refractivity contribution in [1.82, 2.24) is 4.90 Å². The summed E-state index contributed by atoms with van der Waals surface area (Å²) in [5.41, 5.74) is -0.595. The molecule has 0 radical (unpaired) electrons. The number of rotatable bonds is 4. The van der Waals surface area contributed by atoms with Crippen LogP contribution in [0.25, 0.3) is 0 Å². The number of nitro benzene ring substituents is 1. The fraction of sp³-hybridized carbons (Fsp3) is 0.154. The highest BCUT2D eigenvalue weighted by molar-refractivity contribution is 7.16. The molecule has 0 atom stereocenters. The molecule has 0 saturated heterocycles. The van der Waals surface area contributed by atoms with Crippen LogP contribution >= 0.6 is 22.9 Å². The van der Waals surface area contributed by atoms with Gasteiger partial charge in [0.05, 0.1) is 15.8 Å². The van der Waals surface area contributed by atoms with E-state index in [1.807, 2.05) is 0 Å². The van der Waals surface area contributed by atoms with E-state index in [4.69, 9.17) is 11.6 Å². The van der Waals surface area contributed by atoms with E-state index in [2.05, 4.69) is 0 Å². The fourth-order valence-corrected chi connectivity index (χ4v) is 2.89. The largest absolute Gasteiger partial charge is 0.337 e. The summed E-state index contributed by atoms with van der Waals surface area (Å²) in [7, 11) is 1.56. The van der Waals surface area contributed by atoms with Gasteiger partial charge in [0, 0.05) is 23.6 Å². The number of hydrogen-bond donors (Lipinski definition) is 0. The molecule has 8 heteroatoms. The molecule has 0 bridgehead atoms. The Bertz CT molecular complexity index is 704. The van der Waals surface area contributed by atoms with Gasteiger partial charge in [-0.25, -0.2) is 0 Å². The maximum absolute atomic E-state index is 13.5. The number of carbonyl (C=O) groups is 1. The molecule has 2 rings (SSSR count). The molecule has 0 unspecified atom stereocenters. The standard InChI is InChI=1S/C13H10ClFN2O3S/c1-16(7-9-3-5-12(14)21-9)13(18)8-2-4-11(17(19)20)10(15)6-8/h2-6H,7H2,1H3. The normalized spacial score (nSPS) is 10.4. The van der Waals surface area contributed by atoms with E-state index >= 15 is 0 Å². The number of hydrogen-bond acceptors (Lipinski definition) is 4. The van der Waals surface area contributed by atoms with Gasteiger partial charge in [0.2, 0.25) is 5.82 Å². The average molecular weight is 329 g/mol. The lowest BCUT2D eigenvalue weighted by atomic mass is 10.1. The van der Waals surface area contributed by atoms with Crippen LogP contribution in [0.5, 0.6) is 0 Å². The Morgan fingerprint density at radius 2 is 2.14 bits per heavy atom. The molecule has 0 fully saturated rings. The molecule has 0 spiro atoms. The molecular weight excluding hydrogens is 319 g/mol. The summed E-state index contributed by atoms with van der Waals surface area (Å²) in [6, 6.07) is 6.62. The molecule has 1 amide bonds. The van der Waals surface area contributed by atoms with E-state index in [1.165, 1.54) is 22.3 Å². The zero-order valence-corrected chi connectivity index (χ0v) is 12.4. The van der Waals surface area contributed by atoms with Crippen LogP contribution in [0.4, 0.5) is 10.1 Å². The van der Waals surface area contributed by atoms with Gasteiger partial charge < -0.3 is 4.90 Å². The van der Waals surface area contributed by atoms with Gasteiger partial charge in [-0.1, -0.05) is 11.6 Å². The molecule has 1 heterocycles. The molecule has 1 aromatic carbocycles. The van der Waals surface area contributed by atoms with Crippen molar-refractivity contribution in [1.29, 1.82) is 0 Å². The van der Waals surface area contributed by atoms with Crippen LogP contribution in [0.2, 0.25) is 4.34 Å². The number of nitro groups is 1. The SMILES string of the molecule is CN(Cc1ccc(Cl)s1)C(=O)c1ccc([N+](=O)[O-])c(F)c1. The Balaban J connectivity index is 2.15. The summed E-state index contributed by atoms with van der Waals surface area (Å²) in [6.45, 7) is 0.328. The van der Waals surface area contributed by atoms with Crippen molar-refractivity contribution in [2.45, 2.75) is 6.54 Å². The van der Waals surface area contributed by atoms with Crippen LogP contribution in [0, 0.1) is 15.9 Å². The first kappa shape index (κ1) is 15.4. The molecule has 0 aliphatic heterocycles. The quantitative estimate of drug-likeness (QED) is 0.634. The van der Waals surface area contributed by atoms with Gasteiger partial charge in [0.1, 0.15) is 0 Å². The summed E-state index contributed by atoms with van der Waals surface area (Å²) in [6.07, 6.45) is 0. The van der Waals surface area contributed by atoms with Crippen LogP contribution in [0.15, 0.2) is 30.3 Å². The van der Waals surface area contributed by atoms with E-state index in [1.54, 1.807) is 19.2 Å². The molecular formula is C13H10ClFN2O3S. The molecule has 5 nitrogen and oxygen atoms in total. The summed E-state index contributed by atoms with van der Waals surface area (Å²) in [5, 5.41) is 10.5. The first-order chi connectivity index (χ1) is 9.88. The fourth-order valence-electron chi connectivity index (χ4n) is 1.75. The molecule has 110 valence electrons. The summed E-state index contributed by atoms with van der Waals surface area (Å²) >= 11 is 7.16. The van der Waals surface area contributed by atoms with Crippen molar-refractivity contribution < 1.29 is 14.1 Å². The Labute approximate surface area is 128 Å². The maximum atomic E-state index is 13.5. The predicted octanol–water partition coefficient (Wildman–Crippen LogP) is 3.72. The van der Waals surface area contributed by atoms with Gasteiger partial charge in [0.15, 0.2) is 0 Å². The predicted molar refractivity (Wildman–Crippen MR) is 78.2 cm³/mol. The van der Waals surface area contributed by atoms with E-state index < -0.39 is 22.3 Å². The van der Waals surface area contributed by atoms with Crippen molar-refractivity contribution in [2.24, 2.45) is 0 Å². The van der Waals surface area contributed by atoms with Crippen LogP contribution in [-0.4, -0.2) is 22.8 Å². The average Bonchev–Trinajstić information content (AvgIpc) is 2.82. The van der Waals surface area contributed by atoms with Gasteiger partial charge in [0.25, 0.3) is 5.91 Å². The highest BCUT2D eigenvalue weighted by atomic mass is 35.5. The molecule has 0 N–H and O–H groups in total. The number of amides is 1. The maximum Gasteiger partial charge on any atom is 0.304 e. The number of nitrogens with zero attached hydrogens (tertiary/aromatic N) is 2. The smallest absolute Gasteiger partial charge is 0.304 e. The van der Waals surface area contributed by atoms with Gasteiger partial charge in [-0.2, -0.15) is 4.39 Å². The molecule has 21 heavy (non-hydrogen) atoms. The van der Waals surface area contributed by atoms with Crippen LogP contribution < -0.4 is 0 Å². The molecule has 1 aromatic heterocycles. The lowest BCUT2D eigenvalue weighted by Crippen LogP contribution is -2.25. The Morgan fingerprint density at radius 3 is 2.67 bits per heavy atom. The van der Waals surface area contributed by atoms with Crippen molar-refractivity contribution in [3.05, 3.63) is 61.0 Å². The second-order valence-corrected chi connectivity index (χ2v) is 6.09. The third-order valence-corrected chi connectivity index (χ3v) is 3.98. The highest BCUT2D eigenvalue weighted by Gasteiger charge is 2.19. The van der Waals surface area contributed by atoms with Gasteiger partial charge >= 0.3 is 5.69 Å². The van der Waals surface area contributed by atoms with E-state index in [9.17, 15) is 19.3 Å². The first-order valence-corrected chi connectivity index (χ1v) is 7.01. The van der Waals surface area contributed by atoms with Crippen molar-refractivity contribution >= 4 is 34.5 Å². The summed E-state index contributed by atoms with van der Waals surface area (Å²) < 4.78 is 14.1. The second-order valence-electron chi connectivity index (χ2n) is 4.29. The minimum Gasteiger partial charge on any atom is -0.337 e. The number of benzene rings is 1. The van der Waals surface area contributed by atoms with Crippen molar-refractivity contribution in [3.8, 4) is 0 Å². The number of halogens is 2. The Kier molecular flexibility index (Phi) is 4.54.